The van der Waals surface area contributed by atoms with Crippen molar-refractivity contribution >= 4 is 27.7 Å². The maximum atomic E-state index is 12.1. The van der Waals surface area contributed by atoms with Gasteiger partial charge in [-0.3, -0.25) is 20.4 Å². The van der Waals surface area contributed by atoms with Crippen molar-refractivity contribution in [3.8, 4) is 5.75 Å². The summed E-state index contributed by atoms with van der Waals surface area (Å²) in [5.74, 6) is -0.102. The van der Waals surface area contributed by atoms with Crippen LogP contribution < -0.4 is 15.6 Å². The standard InChI is InChI=1S/C17H17BrN2O3/c1-2-10-23-15-9-8-13(11-14(15)18)17(22)20-19-16(21)12-6-4-3-5-7-12/h3-9,11H,2,10H2,1H3,(H,19,21)(H,20,22). The van der Waals surface area contributed by atoms with Crippen LogP contribution in [0.2, 0.25) is 0 Å². The summed E-state index contributed by atoms with van der Waals surface area (Å²) in [7, 11) is 0. The summed E-state index contributed by atoms with van der Waals surface area (Å²) in [6.45, 7) is 2.63. The Bertz CT molecular complexity index is 689. The normalized spacial score (nSPS) is 10.0. The molecule has 2 rings (SSSR count). The Morgan fingerprint density at radius 1 is 1.00 bits per heavy atom. The second kappa shape index (κ2) is 8.33. The SMILES string of the molecule is CCCOc1ccc(C(=O)NNC(=O)c2ccccc2)cc1Br. The summed E-state index contributed by atoms with van der Waals surface area (Å²) in [5, 5.41) is 0. The molecule has 0 unspecified atom stereocenters. The van der Waals surface area contributed by atoms with Crippen molar-refractivity contribution in [2.75, 3.05) is 6.61 Å². The van der Waals surface area contributed by atoms with E-state index in [2.05, 4.69) is 26.8 Å². The molecule has 2 N–H and O–H groups in total. The topological polar surface area (TPSA) is 67.4 Å². The third kappa shape index (κ3) is 4.82. The molecule has 0 aromatic heterocycles. The number of rotatable bonds is 5. The van der Waals surface area contributed by atoms with Gasteiger partial charge in [0.25, 0.3) is 11.8 Å². The molecule has 0 aliphatic carbocycles. The van der Waals surface area contributed by atoms with E-state index in [1.807, 2.05) is 13.0 Å². The van der Waals surface area contributed by atoms with E-state index in [9.17, 15) is 9.59 Å². The van der Waals surface area contributed by atoms with E-state index in [1.54, 1.807) is 42.5 Å². The number of ether oxygens (including phenoxy) is 1. The first kappa shape index (κ1) is 17.0. The van der Waals surface area contributed by atoms with E-state index in [0.717, 1.165) is 6.42 Å². The maximum Gasteiger partial charge on any atom is 0.269 e. The highest BCUT2D eigenvalue weighted by Crippen LogP contribution is 2.26. The van der Waals surface area contributed by atoms with Gasteiger partial charge in [-0.15, -0.1) is 0 Å². The van der Waals surface area contributed by atoms with Gasteiger partial charge in [0.15, 0.2) is 0 Å². The number of nitrogens with one attached hydrogen (secondary N) is 2. The van der Waals surface area contributed by atoms with E-state index in [-0.39, 0.29) is 5.91 Å². The molecule has 0 bridgehead atoms. The lowest BCUT2D eigenvalue weighted by atomic mass is 10.2. The van der Waals surface area contributed by atoms with Gasteiger partial charge >= 0.3 is 0 Å². The molecule has 6 heteroatoms. The third-order valence-electron chi connectivity index (χ3n) is 2.98. The summed E-state index contributed by atoms with van der Waals surface area (Å²) in [6.07, 6.45) is 0.903. The first-order chi connectivity index (χ1) is 11.1. The highest BCUT2D eigenvalue weighted by Gasteiger charge is 2.11. The fourth-order valence-electron chi connectivity index (χ4n) is 1.82. The predicted octanol–water partition coefficient (Wildman–Crippen LogP) is 3.31. The molecule has 0 saturated carbocycles. The molecule has 0 aliphatic rings. The third-order valence-corrected chi connectivity index (χ3v) is 3.60. The van der Waals surface area contributed by atoms with Gasteiger partial charge in [0.2, 0.25) is 0 Å². The Morgan fingerprint density at radius 3 is 2.26 bits per heavy atom. The van der Waals surface area contributed by atoms with E-state index in [0.29, 0.717) is 28.0 Å². The van der Waals surface area contributed by atoms with Crippen molar-refractivity contribution in [1.82, 2.24) is 10.9 Å². The molecule has 0 fully saturated rings. The number of carbonyl (C=O) groups excluding carboxylic acids is 2. The van der Waals surface area contributed by atoms with Crippen LogP contribution >= 0.6 is 15.9 Å². The van der Waals surface area contributed by atoms with Gasteiger partial charge in [-0.05, 0) is 52.7 Å². The number of carbonyl (C=O) groups is 2. The van der Waals surface area contributed by atoms with Gasteiger partial charge in [0, 0.05) is 11.1 Å². The monoisotopic (exact) mass is 376 g/mol. The summed E-state index contributed by atoms with van der Waals surface area (Å²) in [5.41, 5.74) is 5.65. The summed E-state index contributed by atoms with van der Waals surface area (Å²) >= 11 is 3.37. The second-order valence-corrected chi connectivity index (χ2v) is 5.62. The Balaban J connectivity index is 1.95. The molecular weight excluding hydrogens is 360 g/mol. The van der Waals surface area contributed by atoms with Crippen LogP contribution in [0.4, 0.5) is 0 Å². The van der Waals surface area contributed by atoms with E-state index < -0.39 is 5.91 Å². The van der Waals surface area contributed by atoms with Crippen molar-refractivity contribution in [2.24, 2.45) is 0 Å². The quantitative estimate of drug-likeness (QED) is 0.786. The van der Waals surface area contributed by atoms with E-state index in [1.165, 1.54) is 0 Å². The molecule has 5 nitrogen and oxygen atoms in total. The zero-order chi connectivity index (χ0) is 16.7. The second-order valence-electron chi connectivity index (χ2n) is 4.77. The number of halogens is 1. The Labute approximate surface area is 143 Å². The first-order valence-corrected chi connectivity index (χ1v) is 7.99. The lowest BCUT2D eigenvalue weighted by Gasteiger charge is -2.10. The number of benzene rings is 2. The van der Waals surface area contributed by atoms with Gasteiger partial charge in [0.05, 0.1) is 11.1 Å². The van der Waals surface area contributed by atoms with E-state index >= 15 is 0 Å². The minimum Gasteiger partial charge on any atom is -0.492 e. The van der Waals surface area contributed by atoms with Crippen LogP contribution in [0.1, 0.15) is 34.1 Å². The molecule has 2 aromatic rings. The Kier molecular flexibility index (Phi) is 6.17. The summed E-state index contributed by atoms with van der Waals surface area (Å²) in [4.78, 5) is 23.9. The van der Waals surface area contributed by atoms with Gasteiger partial charge in [-0.2, -0.15) is 0 Å². The molecular formula is C17H17BrN2O3. The largest absolute Gasteiger partial charge is 0.492 e. The number of hydrogen-bond donors (Lipinski definition) is 2. The molecule has 120 valence electrons. The Morgan fingerprint density at radius 2 is 1.65 bits per heavy atom. The van der Waals surface area contributed by atoms with Gasteiger partial charge in [-0.25, -0.2) is 0 Å². The Hall–Kier alpha value is -2.34. The fourth-order valence-corrected chi connectivity index (χ4v) is 2.31. The number of hydrogen-bond acceptors (Lipinski definition) is 3. The average Bonchev–Trinajstić information content (AvgIpc) is 2.59. The molecule has 23 heavy (non-hydrogen) atoms. The number of amides is 2. The smallest absolute Gasteiger partial charge is 0.269 e. The highest BCUT2D eigenvalue weighted by atomic mass is 79.9. The van der Waals surface area contributed by atoms with Crippen molar-refractivity contribution in [3.63, 3.8) is 0 Å². The van der Waals surface area contributed by atoms with Crippen LogP contribution in [0.15, 0.2) is 53.0 Å². The number of hydrazine groups is 1. The molecule has 0 aliphatic heterocycles. The molecule has 2 aromatic carbocycles. The highest BCUT2D eigenvalue weighted by molar-refractivity contribution is 9.10. The van der Waals surface area contributed by atoms with Gasteiger partial charge in [0.1, 0.15) is 5.75 Å². The molecule has 0 spiro atoms. The van der Waals surface area contributed by atoms with Crippen LogP contribution in [0.3, 0.4) is 0 Å². The molecule has 0 radical (unpaired) electrons. The summed E-state index contributed by atoms with van der Waals surface area (Å²) < 4.78 is 6.22. The van der Waals surface area contributed by atoms with Crippen LogP contribution in [0.5, 0.6) is 5.75 Å². The molecule has 2 amide bonds. The summed E-state index contributed by atoms with van der Waals surface area (Å²) in [6, 6.07) is 13.7. The average molecular weight is 377 g/mol. The molecule has 0 atom stereocenters. The van der Waals surface area contributed by atoms with Gasteiger partial charge in [-0.1, -0.05) is 25.1 Å². The molecule has 0 saturated heterocycles. The minimum absolute atomic E-state index is 0.374. The molecule has 0 heterocycles. The van der Waals surface area contributed by atoms with Crippen molar-refractivity contribution < 1.29 is 14.3 Å². The fraction of sp³-hybridized carbons (Fsp3) is 0.176. The first-order valence-electron chi connectivity index (χ1n) is 7.20. The predicted molar refractivity (Wildman–Crippen MR) is 91.3 cm³/mol. The van der Waals surface area contributed by atoms with Crippen LogP contribution in [-0.2, 0) is 0 Å². The van der Waals surface area contributed by atoms with Crippen LogP contribution in [-0.4, -0.2) is 18.4 Å². The van der Waals surface area contributed by atoms with Gasteiger partial charge < -0.3 is 4.74 Å². The van der Waals surface area contributed by atoms with Crippen molar-refractivity contribution in [3.05, 3.63) is 64.1 Å². The zero-order valence-corrected chi connectivity index (χ0v) is 14.2. The van der Waals surface area contributed by atoms with E-state index in [4.69, 9.17) is 4.74 Å². The minimum atomic E-state index is -0.406. The maximum absolute atomic E-state index is 12.1. The lowest BCUT2D eigenvalue weighted by molar-refractivity contribution is 0.0846. The van der Waals surface area contributed by atoms with Crippen molar-refractivity contribution in [1.29, 1.82) is 0 Å². The lowest BCUT2D eigenvalue weighted by Crippen LogP contribution is -2.41. The zero-order valence-electron chi connectivity index (χ0n) is 12.6. The van der Waals surface area contributed by atoms with Crippen LogP contribution in [0, 0.1) is 0 Å². The van der Waals surface area contributed by atoms with Crippen molar-refractivity contribution in [2.45, 2.75) is 13.3 Å². The van der Waals surface area contributed by atoms with Crippen LogP contribution in [0.25, 0.3) is 0 Å².